The molecule has 2 atom stereocenters. The second-order valence-electron chi connectivity index (χ2n) is 6.79. The molecule has 0 saturated heterocycles. The highest BCUT2D eigenvalue weighted by Crippen LogP contribution is 2.23. The van der Waals surface area contributed by atoms with Crippen LogP contribution < -0.4 is 4.74 Å². The number of unbranched alkanes of at least 4 members (excludes halogenated alkanes) is 2. The average molecular weight is 365 g/mol. The fourth-order valence-electron chi connectivity index (χ4n) is 2.71. The number of ether oxygens (including phenoxy) is 1. The summed E-state index contributed by atoms with van der Waals surface area (Å²) in [6, 6.07) is 9.16. The Hall–Kier alpha value is -2.74. The van der Waals surface area contributed by atoms with Gasteiger partial charge in [0, 0.05) is 11.8 Å². The van der Waals surface area contributed by atoms with Crippen LogP contribution in [0.25, 0.3) is 11.3 Å². The molecule has 0 spiro atoms. The van der Waals surface area contributed by atoms with Crippen molar-refractivity contribution in [3.05, 3.63) is 42.4 Å². The Morgan fingerprint density at radius 1 is 1.15 bits per heavy atom. The molecule has 0 fully saturated rings. The Morgan fingerprint density at radius 3 is 2.44 bits per heavy atom. The SMILES string of the molecule is CCCCCc1cnc(-c2ccc(OC(=O)C(C#N)C(C)CC)cc2)cn1. The Bertz CT molecular complexity index is 764. The molecule has 0 radical (unpaired) electrons. The van der Waals surface area contributed by atoms with Crippen LogP contribution in [0.3, 0.4) is 0 Å². The van der Waals surface area contributed by atoms with Crippen LogP contribution in [-0.4, -0.2) is 15.9 Å². The number of benzene rings is 1. The van der Waals surface area contributed by atoms with E-state index in [1.54, 1.807) is 18.3 Å². The minimum atomic E-state index is -0.749. The van der Waals surface area contributed by atoms with Gasteiger partial charge in [0.1, 0.15) is 11.7 Å². The standard InChI is InChI=1S/C22H27N3O2/c1-4-6-7-8-18-14-25-21(15-24-18)17-9-11-19(12-10-17)27-22(26)20(13-23)16(3)5-2/h9-12,14-16,20H,4-8H2,1-3H3. The maximum absolute atomic E-state index is 12.2. The van der Waals surface area contributed by atoms with Gasteiger partial charge in [-0.15, -0.1) is 0 Å². The zero-order chi connectivity index (χ0) is 19.6. The highest BCUT2D eigenvalue weighted by Gasteiger charge is 2.25. The van der Waals surface area contributed by atoms with Crippen molar-refractivity contribution in [3.63, 3.8) is 0 Å². The minimum Gasteiger partial charge on any atom is -0.426 e. The molecule has 0 aliphatic rings. The lowest BCUT2D eigenvalue weighted by molar-refractivity contribution is -0.138. The summed E-state index contributed by atoms with van der Waals surface area (Å²) in [5, 5.41) is 9.19. The molecule has 1 aromatic heterocycles. The van der Waals surface area contributed by atoms with Crippen molar-refractivity contribution in [1.29, 1.82) is 5.26 Å². The third-order valence-electron chi connectivity index (χ3n) is 4.72. The molecule has 0 N–H and O–H groups in total. The normalized spacial score (nSPS) is 12.8. The largest absolute Gasteiger partial charge is 0.426 e. The molecule has 1 heterocycles. The van der Waals surface area contributed by atoms with Gasteiger partial charge in [0.2, 0.25) is 0 Å². The van der Waals surface area contributed by atoms with Gasteiger partial charge in [-0.25, -0.2) is 0 Å². The fourth-order valence-corrected chi connectivity index (χ4v) is 2.71. The van der Waals surface area contributed by atoms with Gasteiger partial charge in [-0.05, 0) is 43.0 Å². The van der Waals surface area contributed by atoms with E-state index < -0.39 is 11.9 Å². The Labute approximate surface area is 161 Å². The number of aryl methyl sites for hydroxylation is 1. The van der Waals surface area contributed by atoms with Gasteiger partial charge in [-0.3, -0.25) is 14.8 Å². The lowest BCUT2D eigenvalue weighted by atomic mass is 9.93. The van der Waals surface area contributed by atoms with Crippen LogP contribution in [0.4, 0.5) is 0 Å². The van der Waals surface area contributed by atoms with E-state index in [1.165, 1.54) is 12.8 Å². The van der Waals surface area contributed by atoms with E-state index in [1.807, 2.05) is 38.2 Å². The number of rotatable bonds is 9. The van der Waals surface area contributed by atoms with E-state index in [9.17, 15) is 10.1 Å². The highest BCUT2D eigenvalue weighted by atomic mass is 16.5. The zero-order valence-electron chi connectivity index (χ0n) is 16.3. The first-order chi connectivity index (χ1) is 13.1. The third kappa shape index (κ3) is 5.89. The molecule has 0 aliphatic carbocycles. The second kappa shape index (κ2) is 10.4. The maximum atomic E-state index is 12.2. The van der Waals surface area contributed by atoms with Crippen molar-refractivity contribution in [3.8, 4) is 23.1 Å². The number of nitrogens with zero attached hydrogens (tertiary/aromatic N) is 3. The molecule has 0 aliphatic heterocycles. The van der Waals surface area contributed by atoms with Crippen LogP contribution in [0.2, 0.25) is 0 Å². The molecule has 0 saturated carbocycles. The van der Waals surface area contributed by atoms with Crippen LogP contribution in [-0.2, 0) is 11.2 Å². The molecule has 2 aromatic rings. The van der Waals surface area contributed by atoms with E-state index in [-0.39, 0.29) is 5.92 Å². The van der Waals surface area contributed by atoms with Gasteiger partial charge < -0.3 is 4.74 Å². The van der Waals surface area contributed by atoms with Crippen LogP contribution in [0, 0.1) is 23.2 Å². The van der Waals surface area contributed by atoms with E-state index in [2.05, 4.69) is 16.9 Å². The summed E-state index contributed by atoms with van der Waals surface area (Å²) in [7, 11) is 0. The first kappa shape index (κ1) is 20.6. The molecule has 5 nitrogen and oxygen atoms in total. The number of hydrogen-bond donors (Lipinski definition) is 0. The lowest BCUT2D eigenvalue weighted by Gasteiger charge is -2.14. The van der Waals surface area contributed by atoms with E-state index in [0.29, 0.717) is 5.75 Å². The van der Waals surface area contributed by atoms with Gasteiger partial charge in [0.05, 0.1) is 23.7 Å². The topological polar surface area (TPSA) is 75.9 Å². The van der Waals surface area contributed by atoms with Crippen molar-refractivity contribution in [2.45, 2.75) is 52.9 Å². The molecule has 2 unspecified atom stereocenters. The third-order valence-corrected chi connectivity index (χ3v) is 4.72. The van der Waals surface area contributed by atoms with Gasteiger partial charge in [0.25, 0.3) is 0 Å². The smallest absolute Gasteiger partial charge is 0.328 e. The maximum Gasteiger partial charge on any atom is 0.328 e. The van der Waals surface area contributed by atoms with Crippen molar-refractivity contribution >= 4 is 5.97 Å². The van der Waals surface area contributed by atoms with Crippen LogP contribution in [0.15, 0.2) is 36.7 Å². The fraction of sp³-hybridized carbons (Fsp3) is 0.455. The minimum absolute atomic E-state index is 0.0344. The number of aromatic nitrogens is 2. The van der Waals surface area contributed by atoms with Crippen molar-refractivity contribution < 1.29 is 9.53 Å². The Morgan fingerprint density at radius 2 is 1.89 bits per heavy atom. The number of carbonyl (C=O) groups excluding carboxylic acids is 1. The van der Waals surface area contributed by atoms with Crippen LogP contribution in [0.5, 0.6) is 5.75 Å². The number of carbonyl (C=O) groups is 1. The predicted molar refractivity (Wildman–Crippen MR) is 105 cm³/mol. The van der Waals surface area contributed by atoms with Crippen LogP contribution >= 0.6 is 0 Å². The molecule has 2 rings (SSSR count). The van der Waals surface area contributed by atoms with E-state index in [0.717, 1.165) is 36.2 Å². The first-order valence-electron chi connectivity index (χ1n) is 9.61. The van der Waals surface area contributed by atoms with Gasteiger partial charge in [0.15, 0.2) is 0 Å². The second-order valence-corrected chi connectivity index (χ2v) is 6.79. The quantitative estimate of drug-likeness (QED) is 0.356. The molecule has 0 amide bonds. The summed E-state index contributed by atoms with van der Waals surface area (Å²) >= 11 is 0. The summed E-state index contributed by atoms with van der Waals surface area (Å²) in [6.45, 7) is 6.01. The summed E-state index contributed by atoms with van der Waals surface area (Å²) in [5.74, 6) is -0.860. The van der Waals surface area contributed by atoms with E-state index in [4.69, 9.17) is 4.74 Å². The van der Waals surface area contributed by atoms with E-state index >= 15 is 0 Å². The average Bonchev–Trinajstić information content (AvgIpc) is 2.69. The molecule has 5 heteroatoms. The summed E-state index contributed by atoms with van der Waals surface area (Å²) in [5.41, 5.74) is 2.69. The van der Waals surface area contributed by atoms with Gasteiger partial charge >= 0.3 is 5.97 Å². The molecule has 1 aromatic carbocycles. The summed E-state index contributed by atoms with van der Waals surface area (Å²) in [4.78, 5) is 21.1. The Balaban J connectivity index is 2.00. The molecule has 27 heavy (non-hydrogen) atoms. The first-order valence-corrected chi connectivity index (χ1v) is 9.61. The zero-order valence-corrected chi connectivity index (χ0v) is 16.3. The van der Waals surface area contributed by atoms with Crippen LogP contribution in [0.1, 0.15) is 52.1 Å². The highest BCUT2D eigenvalue weighted by molar-refractivity contribution is 5.78. The molecular formula is C22H27N3O2. The molecular weight excluding hydrogens is 338 g/mol. The summed E-state index contributed by atoms with van der Waals surface area (Å²) in [6.07, 6.45) is 8.82. The Kier molecular flexibility index (Phi) is 7.94. The van der Waals surface area contributed by atoms with Crippen molar-refractivity contribution in [1.82, 2.24) is 9.97 Å². The number of hydrogen-bond acceptors (Lipinski definition) is 5. The van der Waals surface area contributed by atoms with Gasteiger partial charge in [-0.1, -0.05) is 40.0 Å². The number of esters is 1. The molecule has 142 valence electrons. The number of nitriles is 1. The lowest BCUT2D eigenvalue weighted by Crippen LogP contribution is -2.24. The van der Waals surface area contributed by atoms with Crippen molar-refractivity contribution in [2.75, 3.05) is 0 Å². The molecule has 0 bridgehead atoms. The summed E-state index contributed by atoms with van der Waals surface area (Å²) < 4.78 is 5.36. The van der Waals surface area contributed by atoms with Gasteiger partial charge in [-0.2, -0.15) is 5.26 Å². The predicted octanol–water partition coefficient (Wildman–Crippen LogP) is 4.97. The monoisotopic (exact) mass is 365 g/mol. The van der Waals surface area contributed by atoms with Crippen molar-refractivity contribution in [2.24, 2.45) is 11.8 Å².